The van der Waals surface area contributed by atoms with E-state index in [0.717, 1.165) is 19.3 Å². The number of unbranched alkanes of at least 4 members (excludes halogenated alkanes) is 32. The zero-order valence-corrected chi connectivity index (χ0v) is 36.7. The minimum Gasteiger partial charge on any atom is -0.394 e. The lowest BCUT2D eigenvalue weighted by atomic mass is 9.99. The number of hydrogen-bond donors (Lipinski definition) is 6. The molecule has 9 heteroatoms. The number of aliphatic hydroxyl groups excluding tert-OH is 5. The molecule has 1 fully saturated rings. The molecule has 0 aromatic rings. The van der Waals surface area contributed by atoms with Crippen LogP contribution in [0, 0.1) is 0 Å². The highest BCUT2D eigenvalue weighted by Crippen LogP contribution is 2.23. The monoisotopic (exact) mass is 800 g/mol. The highest BCUT2D eigenvalue weighted by Gasteiger charge is 2.44. The topological polar surface area (TPSA) is 149 Å². The van der Waals surface area contributed by atoms with Crippen molar-refractivity contribution in [1.29, 1.82) is 0 Å². The Kier molecular flexibility index (Phi) is 36.5. The molecule has 334 valence electrons. The van der Waals surface area contributed by atoms with Crippen LogP contribution in [-0.4, -0.2) is 87.5 Å². The summed E-state index contributed by atoms with van der Waals surface area (Å²) in [6, 6.07) is -0.710. The molecule has 7 unspecified atom stereocenters. The van der Waals surface area contributed by atoms with Crippen molar-refractivity contribution in [3.8, 4) is 0 Å². The molecule has 0 spiro atoms. The molecule has 1 amide bonds. The highest BCUT2D eigenvalue weighted by atomic mass is 16.7. The molecule has 0 aromatic carbocycles. The minimum absolute atomic E-state index is 0.144. The number of hydrogen-bond acceptors (Lipinski definition) is 8. The first-order chi connectivity index (χ1) is 27.3. The van der Waals surface area contributed by atoms with Crippen LogP contribution in [0.3, 0.4) is 0 Å². The third-order valence-electron chi connectivity index (χ3n) is 12.0. The van der Waals surface area contributed by atoms with E-state index >= 15 is 0 Å². The van der Waals surface area contributed by atoms with Crippen molar-refractivity contribution in [3.05, 3.63) is 0 Å². The van der Waals surface area contributed by atoms with Gasteiger partial charge in [-0.05, 0) is 6.42 Å². The summed E-state index contributed by atoms with van der Waals surface area (Å²) in [5.41, 5.74) is 0. The van der Waals surface area contributed by atoms with Gasteiger partial charge in [0, 0.05) is 6.42 Å². The molecule has 7 atom stereocenters. The van der Waals surface area contributed by atoms with Crippen molar-refractivity contribution < 1.29 is 39.8 Å². The van der Waals surface area contributed by atoms with Crippen LogP contribution in [0.4, 0.5) is 0 Å². The molecule has 1 heterocycles. The normalized spacial score (nSPS) is 21.0. The van der Waals surface area contributed by atoms with E-state index in [1.807, 2.05) is 0 Å². The van der Waals surface area contributed by atoms with Crippen molar-refractivity contribution in [3.63, 3.8) is 0 Å². The predicted molar refractivity (Wildman–Crippen MR) is 231 cm³/mol. The maximum Gasteiger partial charge on any atom is 0.220 e. The molecular weight excluding hydrogens is 707 g/mol. The number of ether oxygens (including phenoxy) is 2. The lowest BCUT2D eigenvalue weighted by molar-refractivity contribution is -0.302. The molecule has 56 heavy (non-hydrogen) atoms. The molecular formula is C47H93NO8. The van der Waals surface area contributed by atoms with Crippen LogP contribution in [0.1, 0.15) is 239 Å². The Bertz CT molecular complexity index is 847. The molecule has 0 radical (unpaired) electrons. The minimum atomic E-state index is -1.54. The summed E-state index contributed by atoms with van der Waals surface area (Å²) in [4.78, 5) is 12.1. The molecule has 9 nitrogen and oxygen atoms in total. The zero-order valence-electron chi connectivity index (χ0n) is 36.7. The van der Waals surface area contributed by atoms with Gasteiger partial charge in [-0.2, -0.15) is 0 Å². The van der Waals surface area contributed by atoms with Gasteiger partial charge in [0.15, 0.2) is 6.29 Å². The van der Waals surface area contributed by atoms with Gasteiger partial charge in [0.2, 0.25) is 5.91 Å². The van der Waals surface area contributed by atoms with Crippen molar-refractivity contribution in [2.24, 2.45) is 0 Å². The third-order valence-corrected chi connectivity index (χ3v) is 12.0. The van der Waals surface area contributed by atoms with Gasteiger partial charge in [-0.1, -0.05) is 226 Å². The van der Waals surface area contributed by atoms with Gasteiger partial charge in [-0.25, -0.2) is 0 Å². The van der Waals surface area contributed by atoms with Gasteiger partial charge >= 0.3 is 0 Å². The molecule has 1 aliphatic heterocycles. The van der Waals surface area contributed by atoms with E-state index in [-0.39, 0.29) is 18.9 Å². The van der Waals surface area contributed by atoms with E-state index in [0.29, 0.717) is 6.42 Å². The second-order valence-electron chi connectivity index (χ2n) is 17.2. The maximum absolute atomic E-state index is 12.1. The van der Waals surface area contributed by atoms with E-state index < -0.39 is 49.5 Å². The van der Waals surface area contributed by atoms with E-state index in [9.17, 15) is 30.3 Å². The number of carbonyl (C=O) groups is 1. The molecule has 1 rings (SSSR count). The van der Waals surface area contributed by atoms with Crippen LogP contribution in [0.15, 0.2) is 0 Å². The average molecular weight is 800 g/mol. The summed E-state index contributed by atoms with van der Waals surface area (Å²) in [6.07, 6.45) is 38.3. The van der Waals surface area contributed by atoms with Crippen LogP contribution in [0.5, 0.6) is 0 Å². The van der Waals surface area contributed by atoms with E-state index in [4.69, 9.17) is 9.47 Å². The lowest BCUT2D eigenvalue weighted by Gasteiger charge is -2.40. The summed E-state index contributed by atoms with van der Waals surface area (Å²) in [5, 5.41) is 53.2. The van der Waals surface area contributed by atoms with Gasteiger partial charge in [-0.3, -0.25) is 4.79 Å². The molecule has 0 bridgehead atoms. The number of rotatable bonds is 41. The smallest absolute Gasteiger partial charge is 0.220 e. The average Bonchev–Trinajstić information content (AvgIpc) is 3.20. The van der Waals surface area contributed by atoms with Crippen molar-refractivity contribution in [2.45, 2.75) is 281 Å². The first kappa shape index (κ1) is 53.2. The van der Waals surface area contributed by atoms with Gasteiger partial charge in [0.05, 0.1) is 25.4 Å². The summed E-state index contributed by atoms with van der Waals surface area (Å²) < 4.78 is 11.0. The molecule has 0 saturated carbocycles. The van der Waals surface area contributed by atoms with Gasteiger partial charge in [0.25, 0.3) is 0 Å². The van der Waals surface area contributed by atoms with Crippen molar-refractivity contribution in [1.82, 2.24) is 5.32 Å². The Morgan fingerprint density at radius 3 is 1.20 bits per heavy atom. The third kappa shape index (κ3) is 28.6. The SMILES string of the molecule is CCCCCCCCCCCCCCCCCCCCCCCCCCCCCCCCCCCC(O)C(COC1OC(CO)C(O)C(O)C1O)NC(=O)CC. The number of aliphatic hydroxyl groups is 5. The molecule has 0 aromatic heterocycles. The van der Waals surface area contributed by atoms with Crippen LogP contribution in [0.2, 0.25) is 0 Å². The standard InChI is InChI=1S/C47H93NO8/c1-3-5-6-7-8-9-10-11-12-13-14-15-16-17-18-19-20-21-22-23-24-25-26-27-28-29-30-31-32-33-34-35-36-37-41(50)40(48-43(51)4-2)39-55-47-46(54)45(53)44(52)42(38-49)56-47/h40-42,44-47,49-50,52-54H,3-39H2,1-2H3,(H,48,51). The van der Waals surface area contributed by atoms with E-state index in [1.165, 1.54) is 193 Å². The largest absolute Gasteiger partial charge is 0.394 e. The summed E-state index contributed by atoms with van der Waals surface area (Å²) in [5.74, 6) is -0.229. The number of nitrogens with one attached hydrogen (secondary N) is 1. The van der Waals surface area contributed by atoms with Crippen LogP contribution >= 0.6 is 0 Å². The summed E-state index contributed by atoms with van der Waals surface area (Å²) in [6.45, 7) is 3.32. The fourth-order valence-corrected chi connectivity index (χ4v) is 8.07. The van der Waals surface area contributed by atoms with Gasteiger partial charge in [-0.15, -0.1) is 0 Å². The second kappa shape index (κ2) is 38.4. The molecule has 6 N–H and O–H groups in total. The Balaban J connectivity index is 1.87. The summed E-state index contributed by atoms with van der Waals surface area (Å²) >= 11 is 0. The molecule has 1 aliphatic rings. The van der Waals surface area contributed by atoms with Crippen LogP contribution in [0.25, 0.3) is 0 Å². The fourth-order valence-electron chi connectivity index (χ4n) is 8.07. The zero-order chi connectivity index (χ0) is 40.9. The van der Waals surface area contributed by atoms with Crippen LogP contribution < -0.4 is 5.32 Å². The lowest BCUT2D eigenvalue weighted by Crippen LogP contribution is -2.60. The van der Waals surface area contributed by atoms with Crippen molar-refractivity contribution in [2.75, 3.05) is 13.2 Å². The predicted octanol–water partition coefficient (Wildman–Crippen LogP) is 10.3. The van der Waals surface area contributed by atoms with Crippen molar-refractivity contribution >= 4 is 5.91 Å². The number of amides is 1. The molecule has 0 aliphatic carbocycles. The van der Waals surface area contributed by atoms with Gasteiger partial charge < -0.3 is 40.3 Å². The highest BCUT2D eigenvalue weighted by molar-refractivity contribution is 5.75. The Hall–Kier alpha value is -0.810. The van der Waals surface area contributed by atoms with E-state index in [1.54, 1.807) is 6.92 Å². The maximum atomic E-state index is 12.1. The quantitative estimate of drug-likeness (QED) is 0.0335. The first-order valence-electron chi connectivity index (χ1n) is 24.2. The Labute approximate surface area is 344 Å². The summed E-state index contributed by atoms with van der Waals surface area (Å²) in [7, 11) is 0. The Morgan fingerprint density at radius 2 is 0.875 bits per heavy atom. The van der Waals surface area contributed by atoms with Crippen LogP contribution in [-0.2, 0) is 14.3 Å². The first-order valence-corrected chi connectivity index (χ1v) is 24.2. The second-order valence-corrected chi connectivity index (χ2v) is 17.2. The molecule has 1 saturated heterocycles. The van der Waals surface area contributed by atoms with E-state index in [2.05, 4.69) is 12.2 Å². The Morgan fingerprint density at radius 1 is 0.536 bits per heavy atom. The fraction of sp³-hybridized carbons (Fsp3) is 0.979. The number of carbonyl (C=O) groups excluding carboxylic acids is 1. The van der Waals surface area contributed by atoms with Gasteiger partial charge in [0.1, 0.15) is 24.4 Å².